The van der Waals surface area contributed by atoms with Crippen molar-refractivity contribution in [3.63, 3.8) is 0 Å². The van der Waals surface area contributed by atoms with E-state index in [2.05, 4.69) is 113 Å². The molecule has 0 aliphatic heterocycles. The molecule has 0 saturated carbocycles. The molecule has 3 heterocycles. The quantitative estimate of drug-likeness (QED) is 0.168. The third-order valence-electron chi connectivity index (χ3n) is 7.81. The summed E-state index contributed by atoms with van der Waals surface area (Å²) in [5, 5.41) is 6.96. The zero-order valence-electron chi connectivity index (χ0n) is 23.4. The number of aromatic nitrogens is 4. The van der Waals surface area contributed by atoms with Gasteiger partial charge in [0.1, 0.15) is 0 Å². The second kappa shape index (κ2) is 11.1. The average Bonchev–Trinajstić information content (AvgIpc) is 3.71. The summed E-state index contributed by atoms with van der Waals surface area (Å²) in [6, 6.07) is 45.5. The van der Waals surface area contributed by atoms with Crippen LogP contribution in [0.3, 0.4) is 0 Å². The summed E-state index contributed by atoms with van der Waals surface area (Å²) in [4.78, 5) is 4.66. The number of hydrogen-bond acceptors (Lipinski definition) is 3. The normalized spacial score (nSPS) is 11.3. The van der Waals surface area contributed by atoms with Gasteiger partial charge in [-0.1, -0.05) is 30.3 Å². The van der Waals surface area contributed by atoms with Gasteiger partial charge in [-0.2, -0.15) is 0 Å². The summed E-state index contributed by atoms with van der Waals surface area (Å²) >= 11 is 3.53. The Kier molecular flexibility index (Phi) is 6.64. The van der Waals surface area contributed by atoms with E-state index in [0.29, 0.717) is 0 Å². The Bertz CT molecular complexity index is 2260. The molecule has 0 fully saturated rings. The molecule has 3 aromatic heterocycles. The number of nitrogens with zero attached hydrogens (tertiary/aromatic N) is 4. The van der Waals surface area contributed by atoms with Crippen molar-refractivity contribution in [1.29, 1.82) is 0 Å². The van der Waals surface area contributed by atoms with E-state index in [0.717, 1.165) is 60.0 Å². The molecule has 0 bridgehead atoms. The first-order chi connectivity index (χ1) is 21.7. The van der Waals surface area contributed by atoms with Crippen LogP contribution in [0.2, 0.25) is 0 Å². The Balaban J connectivity index is 1.11. The van der Waals surface area contributed by atoms with Crippen molar-refractivity contribution in [2.75, 3.05) is 0 Å². The fraction of sp³-hybridized carbons (Fsp3) is 0. The van der Waals surface area contributed by atoms with Crippen LogP contribution in [-0.4, -0.2) is 19.3 Å². The third kappa shape index (κ3) is 4.71. The van der Waals surface area contributed by atoms with Gasteiger partial charge in [0.05, 0.1) is 0 Å². The van der Waals surface area contributed by atoms with Crippen molar-refractivity contribution < 1.29 is 23.9 Å². The Morgan fingerprint density at radius 3 is 2.18 bits per heavy atom. The van der Waals surface area contributed by atoms with Gasteiger partial charge in [0.15, 0.2) is 0 Å². The monoisotopic (exact) mass is 659 g/mol. The maximum atomic E-state index is 6.50. The van der Waals surface area contributed by atoms with Gasteiger partial charge in [-0.05, 0) is 11.1 Å². The first-order valence-corrected chi connectivity index (χ1v) is 15.1. The van der Waals surface area contributed by atoms with Gasteiger partial charge in [-0.25, -0.2) is 0 Å². The van der Waals surface area contributed by atoms with E-state index in [1.807, 2.05) is 77.9 Å². The van der Waals surface area contributed by atoms with Gasteiger partial charge < -0.3 is 0 Å². The van der Waals surface area contributed by atoms with Gasteiger partial charge in [0.25, 0.3) is 0 Å². The van der Waals surface area contributed by atoms with Crippen molar-refractivity contribution in [2.24, 2.45) is 0 Å². The fourth-order valence-corrected chi connectivity index (χ4v) is 6.29. The summed E-state index contributed by atoms with van der Waals surface area (Å²) in [5.41, 5.74) is 7.60. The van der Waals surface area contributed by atoms with Crippen LogP contribution in [0.1, 0.15) is 0 Å². The topological polar surface area (TPSA) is 44.9 Å². The molecule has 6 heteroatoms. The second-order valence-electron chi connectivity index (χ2n) is 10.5. The Labute approximate surface area is 265 Å². The van der Waals surface area contributed by atoms with Crippen LogP contribution in [0, 0.1) is 0 Å². The Hall–Kier alpha value is -5.28. The summed E-state index contributed by atoms with van der Waals surface area (Å²) in [6.45, 7) is 0. The predicted octanol–water partition coefficient (Wildman–Crippen LogP) is 8.66. The van der Waals surface area contributed by atoms with Crippen LogP contribution < -0.4 is 8.77 Å². The van der Waals surface area contributed by atoms with E-state index in [4.69, 9.17) is 4.74 Å². The number of para-hydroxylation sites is 1. The molecule has 0 aliphatic rings. The van der Waals surface area contributed by atoms with Crippen LogP contribution >= 0.6 is 0 Å². The van der Waals surface area contributed by atoms with E-state index in [-0.39, 0.29) is 0 Å². The fourth-order valence-electron chi connectivity index (χ4n) is 5.69. The zero-order chi connectivity index (χ0) is 29.5. The van der Waals surface area contributed by atoms with Crippen molar-refractivity contribution in [2.45, 2.75) is 0 Å². The molecule has 213 valence electrons. The number of ether oxygens (including phenoxy) is 1. The number of pyridine rings is 1. The van der Waals surface area contributed by atoms with Gasteiger partial charge in [-0.3, -0.25) is 0 Å². The van der Waals surface area contributed by atoms with Crippen LogP contribution in [0.4, 0.5) is 0 Å². The Morgan fingerprint density at radius 2 is 1.36 bits per heavy atom. The van der Waals surface area contributed by atoms with E-state index in [1.54, 1.807) is 0 Å². The molecular formula is C38H25N4OPd. The number of rotatable bonds is 6. The van der Waals surface area contributed by atoms with E-state index in [9.17, 15) is 0 Å². The van der Waals surface area contributed by atoms with E-state index in [1.165, 1.54) is 11.1 Å². The molecule has 0 atom stereocenters. The van der Waals surface area contributed by atoms with Crippen LogP contribution in [0.5, 0.6) is 11.5 Å². The molecule has 44 heavy (non-hydrogen) atoms. The van der Waals surface area contributed by atoms with E-state index >= 15 is 0 Å². The molecule has 0 saturated heterocycles. The van der Waals surface area contributed by atoms with Crippen molar-refractivity contribution >= 4 is 25.8 Å². The van der Waals surface area contributed by atoms with E-state index < -0.39 is 0 Å². The summed E-state index contributed by atoms with van der Waals surface area (Å²) in [7, 11) is 0. The summed E-state index contributed by atoms with van der Waals surface area (Å²) in [6.07, 6.45) is 5.76. The third-order valence-corrected chi connectivity index (χ3v) is 8.56. The van der Waals surface area contributed by atoms with Gasteiger partial charge in [-0.15, -0.1) is 0 Å². The average molecular weight is 660 g/mol. The molecule has 0 N–H and O–H groups in total. The molecule has 0 radical (unpaired) electrons. The van der Waals surface area contributed by atoms with Crippen LogP contribution in [0.15, 0.2) is 152 Å². The number of fused-ring (bicyclic) bond motifs is 3. The molecular weight excluding hydrogens is 635 g/mol. The number of benzene rings is 5. The maximum absolute atomic E-state index is 6.50. The first kappa shape index (κ1) is 26.4. The summed E-state index contributed by atoms with van der Waals surface area (Å²) in [5.74, 6) is 2.31. The Morgan fingerprint density at radius 1 is 0.614 bits per heavy atom. The molecule has 5 aromatic carbocycles. The van der Waals surface area contributed by atoms with Gasteiger partial charge in [0, 0.05) is 0 Å². The molecule has 0 amide bonds. The van der Waals surface area contributed by atoms with Crippen molar-refractivity contribution in [1.82, 2.24) is 19.3 Å². The standard InChI is InChI=1S/C38H25N4O.Pd/c1-2-9-27(10-3-1)28-16-18-29(19-17-28)30-25-40-41(26-30)31-11-8-12-32(23-31)43-33-20-21-35-34-13-4-5-14-36(34)42(37(35)24-33)38-15-6-7-22-39-38;/h1-23,25-26H;. The first-order valence-electron chi connectivity index (χ1n) is 14.3. The van der Waals surface area contributed by atoms with Crippen molar-refractivity contribution in [3.05, 3.63) is 152 Å². The molecule has 0 spiro atoms. The molecule has 8 aromatic rings. The number of hydrogen-bond donors (Lipinski definition) is 0. The van der Waals surface area contributed by atoms with Gasteiger partial charge >= 0.3 is 225 Å². The molecule has 0 aliphatic carbocycles. The zero-order valence-corrected chi connectivity index (χ0v) is 25.0. The van der Waals surface area contributed by atoms with Crippen LogP contribution in [0.25, 0.3) is 55.6 Å². The molecule has 0 unspecified atom stereocenters. The minimum absolute atomic E-state index is 0.721. The van der Waals surface area contributed by atoms with Crippen LogP contribution in [-0.2, 0) is 19.2 Å². The SMILES string of the molecule is [Pd][c]1c(Oc2cccc(-n3cc(-c4ccc(-c5ccccc5)cc4)cn3)c2)ccc2c3ccccc3n(-c3ccccn3)c12. The van der Waals surface area contributed by atoms with Gasteiger partial charge in [0.2, 0.25) is 0 Å². The second-order valence-corrected chi connectivity index (χ2v) is 11.3. The minimum atomic E-state index is 0.721. The summed E-state index contributed by atoms with van der Waals surface area (Å²) < 4.78 is 11.5. The van der Waals surface area contributed by atoms with Crippen molar-refractivity contribution in [3.8, 4) is 45.3 Å². The molecule has 5 nitrogen and oxygen atoms in total. The molecule has 8 rings (SSSR count). The predicted molar refractivity (Wildman–Crippen MR) is 173 cm³/mol.